The molecule has 2 aromatic carbocycles. The van der Waals surface area contributed by atoms with Gasteiger partial charge in [0.25, 0.3) is 0 Å². The minimum absolute atomic E-state index is 0.0638. The number of nitrogens with zero attached hydrogens (tertiary/aromatic N) is 1. The first-order valence-electron chi connectivity index (χ1n) is 10.2. The van der Waals surface area contributed by atoms with Gasteiger partial charge in [-0.3, -0.25) is 4.79 Å². The van der Waals surface area contributed by atoms with Gasteiger partial charge in [-0.15, -0.1) is 0 Å². The zero-order chi connectivity index (χ0) is 23.4. The Morgan fingerprint density at radius 3 is 2.55 bits per heavy atom. The van der Waals surface area contributed by atoms with Crippen molar-refractivity contribution in [2.24, 2.45) is 0 Å². The Hall–Kier alpha value is -3.34. The predicted molar refractivity (Wildman–Crippen MR) is 123 cm³/mol. The van der Waals surface area contributed by atoms with Gasteiger partial charge in [-0.1, -0.05) is 12.1 Å². The number of rotatable bonds is 7. The summed E-state index contributed by atoms with van der Waals surface area (Å²) in [5.74, 6) is 0.938. The standard InChI is InChI=1S/C23H24N2O7S/c1-29-20-8-7-18(33(27,28)25-10-12-31-13-11-25)15-19(20)24-22(26)9-6-17-14-16-4-3-5-21(30-2)23(16)32-17/h3-9,14-15H,10-13H2,1-2H3,(H,24,26)/b9-6+. The number of nitrogens with one attached hydrogen (secondary N) is 1. The summed E-state index contributed by atoms with van der Waals surface area (Å²) in [5.41, 5.74) is 0.829. The van der Waals surface area contributed by atoms with Gasteiger partial charge in [-0.2, -0.15) is 4.31 Å². The molecule has 1 amide bonds. The highest BCUT2D eigenvalue weighted by Gasteiger charge is 2.27. The number of hydrogen-bond acceptors (Lipinski definition) is 7. The van der Waals surface area contributed by atoms with Crippen LogP contribution >= 0.6 is 0 Å². The van der Waals surface area contributed by atoms with Crippen molar-refractivity contribution in [3.05, 3.63) is 54.3 Å². The second-order valence-electron chi connectivity index (χ2n) is 7.23. The molecule has 1 aliphatic heterocycles. The molecular weight excluding hydrogens is 448 g/mol. The molecular formula is C23H24N2O7S. The Bertz CT molecular complexity index is 1290. The van der Waals surface area contributed by atoms with Crippen LogP contribution in [0.15, 0.2) is 57.9 Å². The van der Waals surface area contributed by atoms with E-state index in [9.17, 15) is 13.2 Å². The Kier molecular flexibility index (Phi) is 6.68. The Morgan fingerprint density at radius 2 is 1.82 bits per heavy atom. The lowest BCUT2D eigenvalue weighted by atomic mass is 10.2. The lowest BCUT2D eigenvalue weighted by molar-refractivity contribution is -0.111. The number of morpholine rings is 1. The number of methoxy groups -OCH3 is 2. The normalized spacial score (nSPS) is 15.1. The summed E-state index contributed by atoms with van der Waals surface area (Å²) in [7, 11) is -0.721. The highest BCUT2D eigenvalue weighted by molar-refractivity contribution is 7.89. The van der Waals surface area contributed by atoms with E-state index in [-0.39, 0.29) is 23.7 Å². The molecule has 4 rings (SSSR count). The largest absolute Gasteiger partial charge is 0.495 e. The third-order valence-electron chi connectivity index (χ3n) is 5.18. The molecule has 0 bridgehead atoms. The number of benzene rings is 2. The van der Waals surface area contributed by atoms with Gasteiger partial charge in [-0.25, -0.2) is 8.42 Å². The van der Waals surface area contributed by atoms with Gasteiger partial charge in [0.2, 0.25) is 15.9 Å². The van der Waals surface area contributed by atoms with Crippen LogP contribution in [0.25, 0.3) is 17.0 Å². The molecule has 0 atom stereocenters. The average molecular weight is 473 g/mol. The number of sulfonamides is 1. The van der Waals surface area contributed by atoms with Crippen LogP contribution in [0.3, 0.4) is 0 Å². The van der Waals surface area contributed by atoms with E-state index in [1.807, 2.05) is 12.1 Å². The van der Waals surface area contributed by atoms with Crippen molar-refractivity contribution in [2.45, 2.75) is 4.90 Å². The van der Waals surface area contributed by atoms with Crippen LogP contribution in [0.5, 0.6) is 11.5 Å². The molecule has 1 N–H and O–H groups in total. The predicted octanol–water partition coefficient (Wildman–Crippen LogP) is 3.12. The van der Waals surface area contributed by atoms with Crippen molar-refractivity contribution >= 4 is 38.7 Å². The summed E-state index contributed by atoms with van der Waals surface area (Å²) < 4.78 is 48.8. The topological polar surface area (TPSA) is 107 Å². The number of amides is 1. The second kappa shape index (κ2) is 9.65. The minimum atomic E-state index is -3.72. The van der Waals surface area contributed by atoms with Crippen LogP contribution in [0.2, 0.25) is 0 Å². The maximum absolute atomic E-state index is 13.0. The van der Waals surface area contributed by atoms with Crippen molar-refractivity contribution in [1.82, 2.24) is 4.31 Å². The van der Waals surface area contributed by atoms with Gasteiger partial charge >= 0.3 is 0 Å². The maximum atomic E-state index is 13.0. The number of para-hydroxylation sites is 1. The molecule has 33 heavy (non-hydrogen) atoms. The van der Waals surface area contributed by atoms with Crippen molar-refractivity contribution in [2.75, 3.05) is 45.8 Å². The minimum Gasteiger partial charge on any atom is -0.495 e. The summed E-state index contributed by atoms with van der Waals surface area (Å²) in [4.78, 5) is 12.6. The average Bonchev–Trinajstić information content (AvgIpc) is 3.26. The SMILES string of the molecule is COc1ccc(S(=O)(=O)N2CCOCC2)cc1NC(=O)/C=C/c1cc2cccc(OC)c2o1. The number of furan rings is 1. The van der Waals surface area contributed by atoms with Crippen LogP contribution in [0.4, 0.5) is 5.69 Å². The lowest BCUT2D eigenvalue weighted by Crippen LogP contribution is -2.40. The van der Waals surface area contributed by atoms with Crippen LogP contribution < -0.4 is 14.8 Å². The van der Waals surface area contributed by atoms with Gasteiger partial charge in [0.15, 0.2) is 11.3 Å². The van der Waals surface area contributed by atoms with Crippen molar-refractivity contribution in [1.29, 1.82) is 0 Å². The van der Waals surface area contributed by atoms with Gasteiger partial charge < -0.3 is 23.9 Å². The van der Waals surface area contributed by atoms with Gasteiger partial charge in [0, 0.05) is 24.6 Å². The van der Waals surface area contributed by atoms with Crippen molar-refractivity contribution in [3.8, 4) is 11.5 Å². The molecule has 1 saturated heterocycles. The first-order valence-corrected chi connectivity index (χ1v) is 11.7. The van der Waals surface area contributed by atoms with E-state index in [1.54, 1.807) is 19.2 Å². The fourth-order valence-corrected chi connectivity index (χ4v) is 4.95. The molecule has 0 aliphatic carbocycles. The smallest absolute Gasteiger partial charge is 0.248 e. The van der Waals surface area contributed by atoms with E-state index in [0.717, 1.165) is 5.39 Å². The molecule has 10 heteroatoms. The molecule has 0 spiro atoms. The van der Waals surface area contributed by atoms with Crippen LogP contribution in [0.1, 0.15) is 5.76 Å². The monoisotopic (exact) mass is 472 g/mol. The van der Waals surface area contributed by atoms with E-state index in [1.165, 1.54) is 41.8 Å². The summed E-state index contributed by atoms with van der Waals surface area (Å²) in [6.07, 6.45) is 2.82. The first kappa shape index (κ1) is 22.8. The number of carbonyl (C=O) groups excluding carboxylic acids is 1. The summed E-state index contributed by atoms with van der Waals surface area (Å²) in [6, 6.07) is 11.7. The first-order chi connectivity index (χ1) is 15.9. The molecule has 1 aromatic heterocycles. The second-order valence-corrected chi connectivity index (χ2v) is 9.17. The van der Waals surface area contributed by atoms with Gasteiger partial charge in [0.1, 0.15) is 11.5 Å². The quantitative estimate of drug-likeness (QED) is 0.527. The Balaban J connectivity index is 1.54. The van der Waals surface area contributed by atoms with E-state index < -0.39 is 15.9 Å². The Labute approximate surface area is 191 Å². The number of fused-ring (bicyclic) bond motifs is 1. The summed E-state index contributed by atoms with van der Waals surface area (Å²) in [5, 5.41) is 3.52. The third kappa shape index (κ3) is 4.87. The fourth-order valence-electron chi connectivity index (χ4n) is 3.51. The number of hydrogen-bond donors (Lipinski definition) is 1. The highest BCUT2D eigenvalue weighted by Crippen LogP contribution is 2.30. The van der Waals surface area contributed by atoms with Crippen molar-refractivity contribution < 1.29 is 31.8 Å². The summed E-state index contributed by atoms with van der Waals surface area (Å²) in [6.45, 7) is 1.25. The van der Waals surface area contributed by atoms with Crippen molar-refractivity contribution in [3.63, 3.8) is 0 Å². The van der Waals surface area contributed by atoms with Gasteiger partial charge in [0.05, 0.1) is 38.0 Å². The zero-order valence-corrected chi connectivity index (χ0v) is 19.1. The molecule has 2 heterocycles. The van der Waals surface area contributed by atoms with Crippen LogP contribution in [0, 0.1) is 0 Å². The number of anilines is 1. The molecule has 0 unspecified atom stereocenters. The van der Waals surface area contributed by atoms with E-state index >= 15 is 0 Å². The van der Waals surface area contributed by atoms with E-state index in [0.29, 0.717) is 36.1 Å². The molecule has 1 fully saturated rings. The summed E-state index contributed by atoms with van der Waals surface area (Å²) >= 11 is 0. The van der Waals surface area contributed by atoms with Crippen LogP contribution in [-0.4, -0.2) is 59.2 Å². The molecule has 3 aromatic rings. The molecule has 174 valence electrons. The Morgan fingerprint density at radius 1 is 1.06 bits per heavy atom. The lowest BCUT2D eigenvalue weighted by Gasteiger charge is -2.26. The molecule has 9 nitrogen and oxygen atoms in total. The van der Waals surface area contributed by atoms with E-state index in [2.05, 4.69) is 5.32 Å². The zero-order valence-electron chi connectivity index (χ0n) is 18.2. The molecule has 0 radical (unpaired) electrons. The number of ether oxygens (including phenoxy) is 3. The molecule has 1 aliphatic rings. The number of carbonyl (C=O) groups is 1. The van der Waals surface area contributed by atoms with Gasteiger partial charge in [-0.05, 0) is 36.4 Å². The third-order valence-corrected chi connectivity index (χ3v) is 7.08. The van der Waals surface area contributed by atoms with Crippen LogP contribution in [-0.2, 0) is 19.6 Å². The highest BCUT2D eigenvalue weighted by atomic mass is 32.2. The fraction of sp³-hybridized carbons (Fsp3) is 0.261. The molecule has 0 saturated carbocycles. The van der Waals surface area contributed by atoms with E-state index in [4.69, 9.17) is 18.6 Å². The maximum Gasteiger partial charge on any atom is 0.248 e.